The number of sulfonamides is 1. The highest BCUT2D eigenvalue weighted by Crippen LogP contribution is 2.35. The molecule has 0 aliphatic carbocycles. The van der Waals surface area contributed by atoms with Gasteiger partial charge in [-0.15, -0.1) is 0 Å². The van der Waals surface area contributed by atoms with Gasteiger partial charge >= 0.3 is 0 Å². The van der Waals surface area contributed by atoms with Crippen molar-refractivity contribution in [3.63, 3.8) is 0 Å². The van der Waals surface area contributed by atoms with Gasteiger partial charge in [-0.25, -0.2) is 12.8 Å². The molecule has 0 atom stereocenters. The summed E-state index contributed by atoms with van der Waals surface area (Å²) >= 11 is 9.25. The lowest BCUT2D eigenvalue weighted by Crippen LogP contribution is -2.38. The molecular formula is C22H19BrClFN2O4S. The van der Waals surface area contributed by atoms with Crippen molar-refractivity contribution in [1.29, 1.82) is 0 Å². The highest BCUT2D eigenvalue weighted by Gasteiger charge is 2.30. The van der Waals surface area contributed by atoms with Crippen LogP contribution in [-0.2, 0) is 14.8 Å². The maximum absolute atomic E-state index is 14.2. The summed E-state index contributed by atoms with van der Waals surface area (Å²) in [4.78, 5) is 12.8. The van der Waals surface area contributed by atoms with Gasteiger partial charge in [0.1, 0.15) is 18.1 Å². The molecule has 3 aromatic carbocycles. The van der Waals surface area contributed by atoms with Crippen molar-refractivity contribution < 1.29 is 22.3 Å². The molecule has 0 heterocycles. The third kappa shape index (κ3) is 5.40. The molecule has 0 unspecified atom stereocenters. The minimum atomic E-state index is -4.19. The first-order valence-corrected chi connectivity index (χ1v) is 11.9. The molecule has 0 aliphatic heterocycles. The van der Waals surface area contributed by atoms with E-state index in [2.05, 4.69) is 21.2 Å². The number of nitrogens with zero attached hydrogens (tertiary/aromatic N) is 1. The summed E-state index contributed by atoms with van der Waals surface area (Å²) in [6, 6.07) is 14.7. The summed E-state index contributed by atoms with van der Waals surface area (Å²) in [6.07, 6.45) is 0. The fourth-order valence-electron chi connectivity index (χ4n) is 2.91. The molecule has 0 radical (unpaired) electrons. The number of amides is 1. The standard InChI is InChI=1S/C22H19BrClFN2O4S/c1-14-3-7-17(8-4-14)32(29,30)27(20-12-16(24)6-10-21(20)31-2)13-22(28)26-19-9-5-15(23)11-18(19)25/h3-12H,13H2,1-2H3,(H,26,28). The summed E-state index contributed by atoms with van der Waals surface area (Å²) in [5.74, 6) is -1.21. The molecule has 0 bridgehead atoms. The van der Waals surface area contributed by atoms with E-state index < -0.39 is 28.3 Å². The first-order valence-electron chi connectivity index (χ1n) is 9.29. The number of rotatable bonds is 7. The van der Waals surface area contributed by atoms with E-state index in [1.165, 1.54) is 49.6 Å². The minimum absolute atomic E-state index is 0.0206. The van der Waals surface area contributed by atoms with Gasteiger partial charge in [0, 0.05) is 9.50 Å². The lowest BCUT2D eigenvalue weighted by molar-refractivity contribution is -0.114. The Kier molecular flexibility index (Phi) is 7.43. The van der Waals surface area contributed by atoms with Crippen LogP contribution in [0.2, 0.25) is 5.02 Å². The smallest absolute Gasteiger partial charge is 0.264 e. The number of methoxy groups -OCH3 is 1. The summed E-state index contributed by atoms with van der Waals surface area (Å²) in [5.41, 5.74) is 0.871. The van der Waals surface area contributed by atoms with E-state index in [9.17, 15) is 17.6 Å². The van der Waals surface area contributed by atoms with Gasteiger partial charge < -0.3 is 10.1 Å². The number of nitrogens with one attached hydrogen (secondary N) is 1. The van der Waals surface area contributed by atoms with Crippen LogP contribution in [0, 0.1) is 12.7 Å². The predicted molar refractivity (Wildman–Crippen MR) is 126 cm³/mol. The fourth-order valence-corrected chi connectivity index (χ4v) is 4.83. The van der Waals surface area contributed by atoms with Gasteiger partial charge in [-0.2, -0.15) is 0 Å². The highest BCUT2D eigenvalue weighted by atomic mass is 79.9. The van der Waals surface area contributed by atoms with Crippen LogP contribution in [0.25, 0.3) is 0 Å². The molecule has 6 nitrogen and oxygen atoms in total. The van der Waals surface area contributed by atoms with Gasteiger partial charge in [0.05, 0.1) is 23.4 Å². The Morgan fingerprint density at radius 3 is 2.44 bits per heavy atom. The molecule has 32 heavy (non-hydrogen) atoms. The molecule has 0 saturated carbocycles. The second-order valence-electron chi connectivity index (χ2n) is 6.81. The topological polar surface area (TPSA) is 75.7 Å². The maximum Gasteiger partial charge on any atom is 0.264 e. The number of hydrogen-bond acceptors (Lipinski definition) is 4. The lowest BCUT2D eigenvalue weighted by Gasteiger charge is -2.26. The Hall–Kier alpha value is -2.62. The third-order valence-electron chi connectivity index (χ3n) is 4.51. The Balaban J connectivity index is 2.03. The van der Waals surface area contributed by atoms with Gasteiger partial charge in [0.25, 0.3) is 10.0 Å². The Morgan fingerprint density at radius 2 is 1.81 bits per heavy atom. The summed E-state index contributed by atoms with van der Waals surface area (Å²) < 4.78 is 47.8. The molecule has 1 N–H and O–H groups in total. The van der Waals surface area contributed by atoms with Crippen LogP contribution in [0.15, 0.2) is 70.0 Å². The monoisotopic (exact) mass is 540 g/mol. The maximum atomic E-state index is 14.2. The fraction of sp³-hybridized carbons (Fsp3) is 0.136. The Bertz CT molecular complexity index is 1250. The van der Waals surface area contributed by atoms with E-state index in [0.717, 1.165) is 9.87 Å². The molecule has 10 heteroatoms. The van der Waals surface area contributed by atoms with Crippen molar-refractivity contribution in [3.05, 3.63) is 81.5 Å². The largest absolute Gasteiger partial charge is 0.495 e. The van der Waals surface area contributed by atoms with Crippen molar-refractivity contribution in [1.82, 2.24) is 0 Å². The van der Waals surface area contributed by atoms with Crippen LogP contribution in [0.3, 0.4) is 0 Å². The number of ether oxygens (including phenoxy) is 1. The number of benzene rings is 3. The summed E-state index contributed by atoms with van der Waals surface area (Å²) in [5, 5.41) is 2.66. The van der Waals surface area contributed by atoms with Crippen LogP contribution < -0.4 is 14.4 Å². The van der Waals surface area contributed by atoms with Crippen LogP contribution in [0.1, 0.15) is 5.56 Å². The second kappa shape index (κ2) is 9.89. The first-order chi connectivity index (χ1) is 15.1. The van der Waals surface area contributed by atoms with Crippen LogP contribution in [0.5, 0.6) is 5.75 Å². The minimum Gasteiger partial charge on any atom is -0.495 e. The van der Waals surface area contributed by atoms with E-state index in [1.807, 2.05) is 6.92 Å². The number of halogens is 3. The van der Waals surface area contributed by atoms with Gasteiger partial charge in [0.2, 0.25) is 5.91 Å². The Morgan fingerprint density at radius 1 is 1.12 bits per heavy atom. The van der Waals surface area contributed by atoms with Crippen LogP contribution >= 0.6 is 27.5 Å². The number of carbonyl (C=O) groups is 1. The number of aryl methyl sites for hydroxylation is 1. The van der Waals surface area contributed by atoms with E-state index in [0.29, 0.717) is 4.47 Å². The van der Waals surface area contributed by atoms with Crippen molar-refractivity contribution in [2.75, 3.05) is 23.3 Å². The number of anilines is 2. The highest BCUT2D eigenvalue weighted by molar-refractivity contribution is 9.10. The molecule has 0 fully saturated rings. The lowest BCUT2D eigenvalue weighted by atomic mass is 10.2. The van der Waals surface area contributed by atoms with Gasteiger partial charge in [-0.3, -0.25) is 9.10 Å². The van der Waals surface area contributed by atoms with E-state index >= 15 is 0 Å². The predicted octanol–water partition coefficient (Wildman–Crippen LogP) is 5.39. The molecule has 3 rings (SSSR count). The van der Waals surface area contributed by atoms with Crippen LogP contribution in [0.4, 0.5) is 15.8 Å². The normalized spacial score (nSPS) is 11.2. The zero-order valence-corrected chi connectivity index (χ0v) is 20.3. The van der Waals surface area contributed by atoms with Crippen LogP contribution in [-0.4, -0.2) is 28.0 Å². The molecule has 0 aromatic heterocycles. The number of carbonyl (C=O) groups excluding carboxylic acids is 1. The summed E-state index contributed by atoms with van der Waals surface area (Å²) in [7, 11) is -2.82. The zero-order valence-electron chi connectivity index (χ0n) is 17.1. The first kappa shape index (κ1) is 24.0. The molecular weight excluding hydrogens is 523 g/mol. The average Bonchev–Trinajstić information content (AvgIpc) is 2.74. The van der Waals surface area contributed by atoms with Gasteiger partial charge in [0.15, 0.2) is 0 Å². The van der Waals surface area contributed by atoms with Crippen molar-refractivity contribution in [3.8, 4) is 5.75 Å². The molecule has 1 amide bonds. The molecule has 3 aromatic rings. The number of hydrogen-bond donors (Lipinski definition) is 1. The van der Waals surface area contributed by atoms with E-state index in [4.69, 9.17) is 16.3 Å². The zero-order chi connectivity index (χ0) is 23.5. The third-order valence-corrected chi connectivity index (χ3v) is 7.01. The quantitative estimate of drug-likeness (QED) is 0.435. The van der Waals surface area contributed by atoms with Crippen molar-refractivity contribution in [2.24, 2.45) is 0 Å². The van der Waals surface area contributed by atoms with E-state index in [-0.39, 0.29) is 27.0 Å². The SMILES string of the molecule is COc1ccc(Cl)cc1N(CC(=O)Nc1ccc(Br)cc1F)S(=O)(=O)c1ccc(C)cc1. The van der Waals surface area contributed by atoms with E-state index in [1.54, 1.807) is 18.2 Å². The second-order valence-corrected chi connectivity index (χ2v) is 10.0. The summed E-state index contributed by atoms with van der Waals surface area (Å²) in [6.45, 7) is 1.19. The molecule has 0 spiro atoms. The molecule has 168 valence electrons. The Labute approximate surface area is 199 Å². The van der Waals surface area contributed by atoms with Crippen molar-refractivity contribution in [2.45, 2.75) is 11.8 Å². The van der Waals surface area contributed by atoms with Gasteiger partial charge in [-0.05, 0) is 55.5 Å². The molecule has 0 aliphatic rings. The van der Waals surface area contributed by atoms with Gasteiger partial charge in [-0.1, -0.05) is 45.2 Å². The average molecular weight is 542 g/mol. The van der Waals surface area contributed by atoms with Crippen molar-refractivity contribution >= 4 is 54.8 Å². The molecule has 0 saturated heterocycles.